The number of anilines is 2. The molecule has 0 aromatic carbocycles. The number of pyridine rings is 1. The van der Waals surface area contributed by atoms with E-state index in [1.165, 1.54) is 4.90 Å². The standard InChI is InChI=1S/C16H20F3N5O/c1-10(2)25-14-6-5-11(8-20-14)9-21-15-22-12(16(17,18)19)7-13(23-15)24(3)4/h5-8,10H,9H2,1-4H3,(H,21,22,23). The van der Waals surface area contributed by atoms with Gasteiger partial charge in [-0.2, -0.15) is 18.2 Å². The van der Waals surface area contributed by atoms with Crippen molar-refractivity contribution in [3.63, 3.8) is 0 Å². The van der Waals surface area contributed by atoms with Crippen LogP contribution < -0.4 is 15.0 Å². The molecule has 0 saturated carbocycles. The molecule has 0 aliphatic heterocycles. The molecule has 0 saturated heterocycles. The Morgan fingerprint density at radius 3 is 2.44 bits per heavy atom. The van der Waals surface area contributed by atoms with Crippen LogP contribution in [0.3, 0.4) is 0 Å². The second-order valence-electron chi connectivity index (χ2n) is 5.85. The highest BCUT2D eigenvalue weighted by Gasteiger charge is 2.34. The van der Waals surface area contributed by atoms with Crippen LogP contribution in [0.15, 0.2) is 24.4 Å². The molecule has 0 amide bonds. The van der Waals surface area contributed by atoms with Crippen LogP contribution in [0.5, 0.6) is 5.88 Å². The highest BCUT2D eigenvalue weighted by Crippen LogP contribution is 2.30. The van der Waals surface area contributed by atoms with Crippen molar-refractivity contribution in [3.8, 4) is 5.88 Å². The lowest BCUT2D eigenvalue weighted by Gasteiger charge is -2.16. The molecule has 0 atom stereocenters. The predicted octanol–water partition coefficient (Wildman–Crippen LogP) is 3.36. The van der Waals surface area contributed by atoms with Gasteiger partial charge in [-0.3, -0.25) is 0 Å². The average Bonchev–Trinajstić information content (AvgIpc) is 2.52. The minimum Gasteiger partial charge on any atom is -0.475 e. The molecule has 136 valence electrons. The summed E-state index contributed by atoms with van der Waals surface area (Å²) in [5.41, 5.74) is -0.226. The van der Waals surface area contributed by atoms with E-state index in [2.05, 4.69) is 20.3 Å². The van der Waals surface area contributed by atoms with Crippen LogP contribution in [0.4, 0.5) is 24.9 Å². The zero-order valence-corrected chi connectivity index (χ0v) is 14.4. The Labute approximate surface area is 144 Å². The summed E-state index contributed by atoms with van der Waals surface area (Å²) in [6, 6.07) is 4.39. The quantitative estimate of drug-likeness (QED) is 0.857. The molecular weight excluding hydrogens is 335 g/mol. The van der Waals surface area contributed by atoms with Gasteiger partial charge in [0.25, 0.3) is 0 Å². The third kappa shape index (κ3) is 5.47. The van der Waals surface area contributed by atoms with Crippen molar-refractivity contribution in [1.29, 1.82) is 0 Å². The van der Waals surface area contributed by atoms with Gasteiger partial charge in [-0.1, -0.05) is 6.07 Å². The average molecular weight is 355 g/mol. The summed E-state index contributed by atoms with van der Waals surface area (Å²) in [6.45, 7) is 4.03. The first-order valence-corrected chi connectivity index (χ1v) is 7.64. The first-order chi connectivity index (χ1) is 11.6. The predicted molar refractivity (Wildman–Crippen MR) is 88.7 cm³/mol. The molecule has 0 spiro atoms. The summed E-state index contributed by atoms with van der Waals surface area (Å²) >= 11 is 0. The van der Waals surface area contributed by atoms with E-state index in [0.29, 0.717) is 5.88 Å². The Kier molecular flexibility index (Phi) is 5.66. The maximum Gasteiger partial charge on any atom is 0.433 e. The molecule has 0 bridgehead atoms. The summed E-state index contributed by atoms with van der Waals surface area (Å²) in [4.78, 5) is 13.2. The van der Waals surface area contributed by atoms with Crippen LogP contribution in [0, 0.1) is 0 Å². The van der Waals surface area contributed by atoms with Crippen molar-refractivity contribution < 1.29 is 17.9 Å². The highest BCUT2D eigenvalue weighted by molar-refractivity contribution is 5.44. The van der Waals surface area contributed by atoms with Gasteiger partial charge >= 0.3 is 6.18 Å². The van der Waals surface area contributed by atoms with Gasteiger partial charge in [-0.05, 0) is 19.4 Å². The molecule has 0 aliphatic rings. The summed E-state index contributed by atoms with van der Waals surface area (Å²) < 4.78 is 44.3. The Morgan fingerprint density at radius 1 is 1.20 bits per heavy atom. The highest BCUT2D eigenvalue weighted by atomic mass is 19.4. The maximum atomic E-state index is 13.0. The largest absolute Gasteiger partial charge is 0.475 e. The van der Waals surface area contributed by atoms with Crippen molar-refractivity contribution in [3.05, 3.63) is 35.7 Å². The number of hydrogen-bond acceptors (Lipinski definition) is 6. The van der Waals surface area contributed by atoms with Crippen LogP contribution in [0.1, 0.15) is 25.1 Å². The van der Waals surface area contributed by atoms with Crippen molar-refractivity contribution in [2.75, 3.05) is 24.3 Å². The van der Waals surface area contributed by atoms with Gasteiger partial charge in [0.05, 0.1) is 6.10 Å². The summed E-state index contributed by atoms with van der Waals surface area (Å²) in [7, 11) is 3.23. The Balaban J connectivity index is 2.13. The van der Waals surface area contributed by atoms with Crippen molar-refractivity contribution in [2.45, 2.75) is 32.7 Å². The monoisotopic (exact) mass is 355 g/mol. The number of hydrogen-bond donors (Lipinski definition) is 1. The lowest BCUT2D eigenvalue weighted by molar-refractivity contribution is -0.141. The third-order valence-electron chi connectivity index (χ3n) is 3.07. The van der Waals surface area contributed by atoms with E-state index in [4.69, 9.17) is 4.74 Å². The number of nitrogens with zero attached hydrogens (tertiary/aromatic N) is 4. The van der Waals surface area contributed by atoms with Crippen molar-refractivity contribution in [1.82, 2.24) is 15.0 Å². The molecule has 6 nitrogen and oxygen atoms in total. The first kappa shape index (κ1) is 18.8. The molecule has 25 heavy (non-hydrogen) atoms. The molecule has 0 radical (unpaired) electrons. The molecule has 0 unspecified atom stereocenters. The fourth-order valence-electron chi connectivity index (χ4n) is 1.90. The van der Waals surface area contributed by atoms with E-state index in [1.807, 2.05) is 13.8 Å². The Morgan fingerprint density at radius 2 is 1.92 bits per heavy atom. The van der Waals surface area contributed by atoms with E-state index >= 15 is 0 Å². The molecule has 9 heteroatoms. The molecule has 2 aromatic rings. The van der Waals surface area contributed by atoms with Gasteiger partial charge in [0.15, 0.2) is 5.69 Å². The molecule has 0 aliphatic carbocycles. The minimum absolute atomic E-state index is 0.0134. The van der Waals surface area contributed by atoms with Gasteiger partial charge in [-0.15, -0.1) is 0 Å². The summed E-state index contributed by atoms with van der Waals surface area (Å²) in [5.74, 6) is 0.564. The number of rotatable bonds is 6. The lowest BCUT2D eigenvalue weighted by Crippen LogP contribution is -2.17. The van der Waals surface area contributed by atoms with Crippen LogP contribution in [-0.2, 0) is 12.7 Å². The van der Waals surface area contributed by atoms with E-state index in [-0.39, 0.29) is 24.4 Å². The van der Waals surface area contributed by atoms with Crippen LogP contribution in [-0.4, -0.2) is 35.2 Å². The van der Waals surface area contributed by atoms with Crippen molar-refractivity contribution >= 4 is 11.8 Å². The Hall–Kier alpha value is -2.58. The van der Waals surface area contributed by atoms with Gasteiger partial charge in [-0.25, -0.2) is 9.97 Å². The van der Waals surface area contributed by atoms with Crippen LogP contribution >= 0.6 is 0 Å². The SMILES string of the molecule is CC(C)Oc1ccc(CNc2nc(N(C)C)cc(C(F)(F)F)n2)cn1. The molecule has 2 rings (SSSR count). The van der Waals surface area contributed by atoms with Crippen LogP contribution in [0.25, 0.3) is 0 Å². The lowest BCUT2D eigenvalue weighted by atomic mass is 10.3. The van der Waals surface area contributed by atoms with Crippen molar-refractivity contribution in [2.24, 2.45) is 0 Å². The number of aromatic nitrogens is 3. The van der Waals surface area contributed by atoms with Gasteiger partial charge in [0.1, 0.15) is 5.82 Å². The van der Waals surface area contributed by atoms with Crippen LogP contribution in [0.2, 0.25) is 0 Å². The van der Waals surface area contributed by atoms with E-state index in [1.54, 1.807) is 32.4 Å². The summed E-state index contributed by atoms with van der Waals surface area (Å²) in [5, 5.41) is 2.80. The Bertz CT molecular complexity index is 702. The number of nitrogens with one attached hydrogen (secondary N) is 1. The summed E-state index contributed by atoms with van der Waals surface area (Å²) in [6.07, 6.45) is -2.94. The second-order valence-corrected chi connectivity index (χ2v) is 5.85. The number of alkyl halides is 3. The second kappa shape index (κ2) is 7.54. The molecular formula is C16H20F3N5O. The number of ether oxygens (including phenoxy) is 1. The molecule has 2 aromatic heterocycles. The van der Waals surface area contributed by atoms with E-state index in [0.717, 1.165) is 11.6 Å². The fourth-order valence-corrected chi connectivity index (χ4v) is 1.90. The first-order valence-electron chi connectivity index (χ1n) is 7.64. The third-order valence-corrected chi connectivity index (χ3v) is 3.07. The van der Waals surface area contributed by atoms with E-state index < -0.39 is 11.9 Å². The normalized spacial score (nSPS) is 11.5. The molecule has 0 fully saturated rings. The molecule has 2 heterocycles. The van der Waals surface area contributed by atoms with Gasteiger partial charge < -0.3 is 15.0 Å². The van der Waals surface area contributed by atoms with Gasteiger partial charge in [0.2, 0.25) is 11.8 Å². The zero-order chi connectivity index (χ0) is 18.6. The molecule has 1 N–H and O–H groups in total. The zero-order valence-electron chi connectivity index (χ0n) is 14.4. The van der Waals surface area contributed by atoms with E-state index in [9.17, 15) is 13.2 Å². The van der Waals surface area contributed by atoms with Gasteiger partial charge in [0, 0.05) is 39.0 Å². The fraction of sp³-hybridized carbons (Fsp3) is 0.438. The number of halogens is 3. The maximum absolute atomic E-state index is 13.0. The minimum atomic E-state index is -4.54. The smallest absolute Gasteiger partial charge is 0.433 e. The topological polar surface area (TPSA) is 63.2 Å².